The number of aromatic nitrogens is 1. The SMILES string of the molecule is O=c1c(OCCCc2ccccc2)cccn1CC1CCCNC1. The predicted octanol–water partition coefficient (Wildman–Crippen LogP) is 2.86. The smallest absolute Gasteiger partial charge is 0.292 e. The number of nitrogens with one attached hydrogen (secondary N) is 1. The molecule has 4 nitrogen and oxygen atoms in total. The van der Waals surface area contributed by atoms with Crippen LogP contribution >= 0.6 is 0 Å². The van der Waals surface area contributed by atoms with E-state index in [1.54, 1.807) is 10.6 Å². The van der Waals surface area contributed by atoms with Gasteiger partial charge in [-0.25, -0.2) is 0 Å². The average Bonchev–Trinajstić information content (AvgIpc) is 2.63. The van der Waals surface area contributed by atoms with Crippen LogP contribution in [0.2, 0.25) is 0 Å². The van der Waals surface area contributed by atoms with Gasteiger partial charge in [-0.3, -0.25) is 4.79 Å². The Hall–Kier alpha value is -2.07. The molecule has 2 heterocycles. The predicted molar refractivity (Wildman–Crippen MR) is 96.6 cm³/mol. The minimum Gasteiger partial charge on any atom is -0.488 e. The summed E-state index contributed by atoms with van der Waals surface area (Å²) in [6, 6.07) is 14.0. The van der Waals surface area contributed by atoms with Crippen molar-refractivity contribution >= 4 is 0 Å². The fourth-order valence-corrected chi connectivity index (χ4v) is 3.23. The molecule has 3 rings (SSSR count). The number of aryl methyl sites for hydroxylation is 1. The highest BCUT2D eigenvalue weighted by Gasteiger charge is 2.15. The second kappa shape index (κ2) is 8.69. The van der Waals surface area contributed by atoms with Gasteiger partial charge in [0.2, 0.25) is 0 Å². The largest absolute Gasteiger partial charge is 0.488 e. The Kier molecular flexibility index (Phi) is 6.07. The van der Waals surface area contributed by atoms with Gasteiger partial charge in [0.15, 0.2) is 5.75 Å². The van der Waals surface area contributed by atoms with E-state index in [1.165, 1.54) is 18.4 Å². The third kappa shape index (κ3) is 4.71. The first-order valence-electron chi connectivity index (χ1n) is 8.90. The van der Waals surface area contributed by atoms with E-state index in [1.807, 2.05) is 30.5 Å². The fourth-order valence-electron chi connectivity index (χ4n) is 3.23. The zero-order valence-corrected chi connectivity index (χ0v) is 14.1. The summed E-state index contributed by atoms with van der Waals surface area (Å²) in [5.74, 6) is 0.999. The van der Waals surface area contributed by atoms with Gasteiger partial charge in [0.1, 0.15) is 0 Å². The molecule has 1 aliphatic rings. The van der Waals surface area contributed by atoms with Gasteiger partial charge in [-0.05, 0) is 62.4 Å². The van der Waals surface area contributed by atoms with E-state index in [0.29, 0.717) is 18.3 Å². The number of piperidine rings is 1. The van der Waals surface area contributed by atoms with Crippen molar-refractivity contribution in [1.29, 1.82) is 0 Å². The lowest BCUT2D eigenvalue weighted by atomic mass is 10.00. The van der Waals surface area contributed by atoms with Gasteiger partial charge in [0.05, 0.1) is 6.61 Å². The lowest BCUT2D eigenvalue weighted by Gasteiger charge is -2.23. The Morgan fingerprint density at radius 2 is 2.04 bits per heavy atom. The average molecular weight is 326 g/mol. The van der Waals surface area contributed by atoms with Gasteiger partial charge in [-0.2, -0.15) is 0 Å². The Morgan fingerprint density at radius 1 is 1.17 bits per heavy atom. The summed E-state index contributed by atoms with van der Waals surface area (Å²) in [5, 5.41) is 3.40. The highest BCUT2D eigenvalue weighted by atomic mass is 16.5. The summed E-state index contributed by atoms with van der Waals surface area (Å²) in [6.07, 6.45) is 6.12. The maximum atomic E-state index is 12.5. The summed E-state index contributed by atoms with van der Waals surface area (Å²) in [6.45, 7) is 3.43. The number of nitrogens with zero attached hydrogens (tertiary/aromatic N) is 1. The molecule has 2 aromatic rings. The first-order chi connectivity index (χ1) is 11.8. The molecule has 24 heavy (non-hydrogen) atoms. The van der Waals surface area contributed by atoms with Crippen molar-refractivity contribution in [3.05, 3.63) is 64.6 Å². The van der Waals surface area contributed by atoms with Crippen LogP contribution in [0.25, 0.3) is 0 Å². The second-order valence-corrected chi connectivity index (χ2v) is 6.48. The zero-order chi connectivity index (χ0) is 16.6. The zero-order valence-electron chi connectivity index (χ0n) is 14.1. The third-order valence-electron chi connectivity index (χ3n) is 4.55. The number of ether oxygens (including phenoxy) is 1. The summed E-state index contributed by atoms with van der Waals surface area (Å²) >= 11 is 0. The van der Waals surface area contributed by atoms with E-state index in [0.717, 1.165) is 32.5 Å². The third-order valence-corrected chi connectivity index (χ3v) is 4.55. The molecule has 0 aliphatic carbocycles. The summed E-state index contributed by atoms with van der Waals surface area (Å²) < 4.78 is 7.54. The van der Waals surface area contributed by atoms with Crippen LogP contribution in [0.3, 0.4) is 0 Å². The maximum absolute atomic E-state index is 12.5. The molecule has 0 amide bonds. The van der Waals surface area contributed by atoms with E-state index in [9.17, 15) is 4.79 Å². The second-order valence-electron chi connectivity index (χ2n) is 6.48. The van der Waals surface area contributed by atoms with Crippen molar-refractivity contribution in [3.8, 4) is 5.75 Å². The minimum atomic E-state index is -0.0113. The van der Waals surface area contributed by atoms with Crippen molar-refractivity contribution in [1.82, 2.24) is 9.88 Å². The van der Waals surface area contributed by atoms with Gasteiger partial charge >= 0.3 is 0 Å². The van der Waals surface area contributed by atoms with Crippen LogP contribution in [-0.2, 0) is 13.0 Å². The summed E-state index contributed by atoms with van der Waals surface area (Å²) in [5.41, 5.74) is 1.29. The van der Waals surface area contributed by atoms with E-state index < -0.39 is 0 Å². The quantitative estimate of drug-likeness (QED) is 0.796. The highest BCUT2D eigenvalue weighted by Crippen LogP contribution is 2.12. The van der Waals surface area contributed by atoms with E-state index >= 15 is 0 Å². The van der Waals surface area contributed by atoms with Crippen molar-refractivity contribution in [3.63, 3.8) is 0 Å². The topological polar surface area (TPSA) is 43.3 Å². The fraction of sp³-hybridized carbons (Fsp3) is 0.450. The first kappa shape index (κ1) is 16.8. The first-order valence-corrected chi connectivity index (χ1v) is 8.90. The highest BCUT2D eigenvalue weighted by molar-refractivity contribution is 5.18. The molecule has 128 valence electrons. The molecule has 1 fully saturated rings. The maximum Gasteiger partial charge on any atom is 0.292 e. The van der Waals surface area contributed by atoms with Crippen LogP contribution in [0.1, 0.15) is 24.8 Å². The summed E-state index contributed by atoms with van der Waals surface area (Å²) in [7, 11) is 0. The van der Waals surface area contributed by atoms with Gasteiger partial charge in [0.25, 0.3) is 5.56 Å². The molecule has 0 saturated carbocycles. The van der Waals surface area contributed by atoms with Crippen LogP contribution < -0.4 is 15.6 Å². The molecule has 4 heteroatoms. The molecular formula is C20H26N2O2. The molecule has 1 unspecified atom stereocenters. The summed E-state index contributed by atoms with van der Waals surface area (Å²) in [4.78, 5) is 12.5. The lowest BCUT2D eigenvalue weighted by molar-refractivity contribution is 0.296. The van der Waals surface area contributed by atoms with Crippen molar-refractivity contribution in [2.45, 2.75) is 32.2 Å². The standard InChI is InChI=1S/C20H26N2O2/c23-20-19(24-14-6-10-17-7-2-1-3-8-17)11-5-13-22(20)16-18-9-4-12-21-15-18/h1-3,5,7-8,11,13,18,21H,4,6,9-10,12,14-16H2. The number of pyridine rings is 1. The Labute approximate surface area is 143 Å². The molecule has 0 bridgehead atoms. The van der Waals surface area contributed by atoms with E-state index in [2.05, 4.69) is 17.4 Å². The van der Waals surface area contributed by atoms with Crippen LogP contribution in [0.5, 0.6) is 5.75 Å². The molecular weight excluding hydrogens is 300 g/mol. The number of benzene rings is 1. The van der Waals surface area contributed by atoms with Gasteiger partial charge in [0, 0.05) is 12.7 Å². The van der Waals surface area contributed by atoms with Crippen molar-refractivity contribution in [2.24, 2.45) is 5.92 Å². The molecule has 1 aliphatic heterocycles. The molecule has 1 saturated heterocycles. The normalized spacial score (nSPS) is 17.6. The minimum absolute atomic E-state index is 0.0113. The molecule has 1 aromatic carbocycles. The van der Waals surface area contributed by atoms with Crippen LogP contribution in [0, 0.1) is 5.92 Å². The Bertz CT molecular complexity index is 676. The monoisotopic (exact) mass is 326 g/mol. The lowest BCUT2D eigenvalue weighted by Crippen LogP contribution is -2.34. The molecule has 1 atom stereocenters. The van der Waals surface area contributed by atoms with Crippen molar-refractivity contribution < 1.29 is 4.74 Å². The van der Waals surface area contributed by atoms with Crippen LogP contribution in [0.4, 0.5) is 0 Å². The van der Waals surface area contributed by atoms with E-state index in [4.69, 9.17) is 4.74 Å². The van der Waals surface area contributed by atoms with Gasteiger partial charge in [-0.1, -0.05) is 30.3 Å². The van der Waals surface area contributed by atoms with Crippen LogP contribution in [-0.4, -0.2) is 24.3 Å². The van der Waals surface area contributed by atoms with Gasteiger partial charge < -0.3 is 14.6 Å². The number of rotatable bonds is 7. The molecule has 1 N–H and O–H groups in total. The Morgan fingerprint density at radius 3 is 2.83 bits per heavy atom. The Balaban J connectivity index is 1.52. The van der Waals surface area contributed by atoms with Crippen molar-refractivity contribution in [2.75, 3.05) is 19.7 Å². The van der Waals surface area contributed by atoms with Crippen LogP contribution in [0.15, 0.2) is 53.5 Å². The number of hydrogen-bond acceptors (Lipinski definition) is 3. The number of hydrogen-bond donors (Lipinski definition) is 1. The van der Waals surface area contributed by atoms with E-state index in [-0.39, 0.29) is 5.56 Å². The molecule has 0 radical (unpaired) electrons. The molecule has 0 spiro atoms. The molecule has 1 aromatic heterocycles. The van der Waals surface area contributed by atoms with Gasteiger partial charge in [-0.15, -0.1) is 0 Å².